The third kappa shape index (κ3) is 3.15. The number of hydrogen-bond acceptors (Lipinski definition) is 3. The molecule has 0 spiro atoms. The largest absolute Gasteiger partial charge is 0.393 e. The molecule has 1 aromatic rings. The summed E-state index contributed by atoms with van der Waals surface area (Å²) in [6.07, 6.45) is 0.453. The van der Waals surface area contributed by atoms with Gasteiger partial charge in [-0.2, -0.15) is 0 Å². The normalized spacial score (nSPS) is 25.4. The summed E-state index contributed by atoms with van der Waals surface area (Å²) in [7, 11) is 0. The molecule has 0 aliphatic carbocycles. The number of likely N-dealkylation sites (tertiary alicyclic amines) is 1. The number of aryl methyl sites for hydroxylation is 1. The Kier molecular flexibility index (Phi) is 4.58. The lowest BCUT2D eigenvalue weighted by Gasteiger charge is -2.22. The molecule has 130 valence electrons. The Morgan fingerprint density at radius 2 is 2.12 bits per heavy atom. The van der Waals surface area contributed by atoms with E-state index in [1.54, 1.807) is 30.9 Å². The average Bonchev–Trinajstić information content (AvgIpc) is 3.14. The molecule has 3 rings (SSSR count). The lowest BCUT2D eigenvalue weighted by molar-refractivity contribution is -0.135. The van der Waals surface area contributed by atoms with Crippen molar-refractivity contribution in [2.24, 2.45) is 11.8 Å². The maximum atomic E-state index is 14.1. The number of aliphatic hydroxyl groups is 1. The molecule has 2 fully saturated rings. The second-order valence-electron chi connectivity index (χ2n) is 6.93. The first-order chi connectivity index (χ1) is 11.4. The van der Waals surface area contributed by atoms with Crippen LogP contribution in [0, 0.1) is 24.6 Å². The van der Waals surface area contributed by atoms with E-state index in [1.165, 1.54) is 11.0 Å². The molecule has 2 saturated heterocycles. The summed E-state index contributed by atoms with van der Waals surface area (Å²) in [6.45, 7) is 4.88. The van der Waals surface area contributed by atoms with E-state index in [9.17, 15) is 19.1 Å². The summed E-state index contributed by atoms with van der Waals surface area (Å²) in [6, 6.07) is 4.74. The fourth-order valence-electron chi connectivity index (χ4n) is 3.58. The van der Waals surface area contributed by atoms with E-state index in [2.05, 4.69) is 0 Å². The van der Waals surface area contributed by atoms with E-state index in [-0.39, 0.29) is 36.4 Å². The fourth-order valence-corrected chi connectivity index (χ4v) is 3.58. The molecular weight excluding hydrogens is 311 g/mol. The van der Waals surface area contributed by atoms with Crippen LogP contribution in [0.3, 0.4) is 0 Å². The Morgan fingerprint density at radius 1 is 1.38 bits per heavy atom. The van der Waals surface area contributed by atoms with Crippen molar-refractivity contribution in [2.45, 2.75) is 32.8 Å². The number of hydrogen-bond donors (Lipinski definition) is 1. The van der Waals surface area contributed by atoms with Crippen LogP contribution in [-0.4, -0.2) is 47.6 Å². The van der Waals surface area contributed by atoms with Crippen LogP contribution >= 0.6 is 0 Å². The van der Waals surface area contributed by atoms with Gasteiger partial charge in [-0.3, -0.25) is 9.59 Å². The summed E-state index contributed by atoms with van der Waals surface area (Å²) in [5.74, 6) is -1.07. The molecule has 2 aliphatic rings. The molecular formula is C18H23FN2O3. The Hall–Kier alpha value is -1.95. The van der Waals surface area contributed by atoms with Crippen molar-refractivity contribution in [1.29, 1.82) is 0 Å². The van der Waals surface area contributed by atoms with E-state index < -0.39 is 17.8 Å². The minimum Gasteiger partial charge on any atom is -0.393 e. The van der Waals surface area contributed by atoms with Crippen LogP contribution in [0.25, 0.3) is 0 Å². The molecule has 1 N–H and O–H groups in total. The minimum atomic E-state index is -0.439. The zero-order valence-electron chi connectivity index (χ0n) is 14.0. The lowest BCUT2D eigenvalue weighted by atomic mass is 10.0. The smallest absolute Gasteiger partial charge is 0.228 e. The Morgan fingerprint density at radius 3 is 2.75 bits per heavy atom. The number of benzene rings is 1. The van der Waals surface area contributed by atoms with E-state index >= 15 is 0 Å². The van der Waals surface area contributed by atoms with Crippen LogP contribution < -0.4 is 4.90 Å². The van der Waals surface area contributed by atoms with Gasteiger partial charge in [-0.15, -0.1) is 0 Å². The maximum Gasteiger partial charge on any atom is 0.228 e. The number of rotatable bonds is 3. The van der Waals surface area contributed by atoms with Crippen molar-refractivity contribution in [2.75, 3.05) is 24.5 Å². The topological polar surface area (TPSA) is 60.9 Å². The van der Waals surface area contributed by atoms with Crippen molar-refractivity contribution in [1.82, 2.24) is 4.90 Å². The van der Waals surface area contributed by atoms with Crippen LogP contribution in [0.2, 0.25) is 0 Å². The van der Waals surface area contributed by atoms with Crippen LogP contribution in [0.5, 0.6) is 0 Å². The number of carbonyl (C=O) groups excluding carboxylic acids is 2. The molecule has 2 heterocycles. The van der Waals surface area contributed by atoms with E-state index in [4.69, 9.17) is 0 Å². The van der Waals surface area contributed by atoms with Gasteiger partial charge >= 0.3 is 0 Å². The third-order valence-electron chi connectivity index (χ3n) is 5.09. The lowest BCUT2D eigenvalue weighted by Crippen LogP contribution is -2.36. The highest BCUT2D eigenvalue weighted by molar-refractivity contribution is 6.00. The molecule has 0 bridgehead atoms. The van der Waals surface area contributed by atoms with E-state index in [0.717, 1.165) is 12.0 Å². The number of halogens is 1. The van der Waals surface area contributed by atoms with Crippen LogP contribution in [0.4, 0.5) is 10.1 Å². The highest BCUT2D eigenvalue weighted by atomic mass is 19.1. The van der Waals surface area contributed by atoms with Gasteiger partial charge in [0.2, 0.25) is 11.8 Å². The highest BCUT2D eigenvalue weighted by Gasteiger charge is 2.40. The van der Waals surface area contributed by atoms with Crippen LogP contribution in [0.15, 0.2) is 18.2 Å². The molecule has 0 saturated carbocycles. The van der Waals surface area contributed by atoms with Gasteiger partial charge < -0.3 is 14.9 Å². The first kappa shape index (κ1) is 16.9. The molecule has 2 aliphatic heterocycles. The first-order valence-corrected chi connectivity index (χ1v) is 8.40. The van der Waals surface area contributed by atoms with Crippen molar-refractivity contribution in [3.05, 3.63) is 29.6 Å². The number of anilines is 1. The zero-order valence-corrected chi connectivity index (χ0v) is 14.0. The standard InChI is InChI=1S/C18H23FN2O3/c1-11-3-4-16(15(19)7-11)21-10-14(8-17(21)23)18(24)20-6-5-13(9-20)12(2)22/h3-4,7,12-14,22H,5-6,8-10H2,1-2H3. The van der Waals surface area contributed by atoms with Crippen molar-refractivity contribution in [3.8, 4) is 0 Å². The predicted molar refractivity (Wildman–Crippen MR) is 88.0 cm³/mol. The van der Waals surface area contributed by atoms with Gasteiger partial charge in [-0.1, -0.05) is 6.07 Å². The molecule has 24 heavy (non-hydrogen) atoms. The van der Waals surface area contributed by atoms with Gasteiger partial charge in [0.25, 0.3) is 0 Å². The molecule has 3 unspecified atom stereocenters. The second-order valence-corrected chi connectivity index (χ2v) is 6.93. The fraction of sp³-hybridized carbons (Fsp3) is 0.556. The van der Waals surface area contributed by atoms with Crippen molar-refractivity contribution >= 4 is 17.5 Å². The Bertz CT molecular complexity index is 662. The summed E-state index contributed by atoms with van der Waals surface area (Å²) in [5.41, 5.74) is 1.03. The average molecular weight is 334 g/mol. The van der Waals surface area contributed by atoms with E-state index in [0.29, 0.717) is 13.1 Å². The maximum absolute atomic E-state index is 14.1. The van der Waals surface area contributed by atoms with Gasteiger partial charge in [-0.25, -0.2) is 4.39 Å². The summed E-state index contributed by atoms with van der Waals surface area (Å²) in [4.78, 5) is 28.0. The number of nitrogens with zero attached hydrogens (tertiary/aromatic N) is 2. The molecule has 1 aromatic carbocycles. The third-order valence-corrected chi connectivity index (χ3v) is 5.09. The quantitative estimate of drug-likeness (QED) is 0.915. The molecule has 0 radical (unpaired) electrons. The van der Waals surface area contributed by atoms with Crippen molar-refractivity contribution < 1.29 is 19.1 Å². The minimum absolute atomic E-state index is 0.0680. The monoisotopic (exact) mass is 334 g/mol. The van der Waals surface area contributed by atoms with Gasteiger partial charge in [0.05, 0.1) is 17.7 Å². The van der Waals surface area contributed by atoms with Gasteiger partial charge in [0.1, 0.15) is 5.82 Å². The molecule has 0 aromatic heterocycles. The number of aliphatic hydroxyl groups excluding tert-OH is 1. The first-order valence-electron chi connectivity index (χ1n) is 8.40. The second kappa shape index (κ2) is 6.51. The Balaban J connectivity index is 1.69. The van der Waals surface area contributed by atoms with Crippen molar-refractivity contribution in [3.63, 3.8) is 0 Å². The predicted octanol–water partition coefficient (Wildman–Crippen LogP) is 1.72. The summed E-state index contributed by atoms with van der Waals surface area (Å²) < 4.78 is 14.1. The molecule has 2 amide bonds. The summed E-state index contributed by atoms with van der Waals surface area (Å²) >= 11 is 0. The van der Waals surface area contributed by atoms with E-state index in [1.807, 2.05) is 0 Å². The molecule has 5 nitrogen and oxygen atoms in total. The molecule has 6 heteroatoms. The SMILES string of the molecule is Cc1ccc(N2CC(C(=O)N3CCC(C(C)O)C3)CC2=O)c(F)c1. The highest BCUT2D eigenvalue weighted by Crippen LogP contribution is 2.30. The van der Waals surface area contributed by atoms with Crippen LogP contribution in [-0.2, 0) is 9.59 Å². The zero-order chi connectivity index (χ0) is 17.4. The number of amides is 2. The Labute approximate surface area is 141 Å². The van der Waals surface area contributed by atoms with Crippen LogP contribution in [0.1, 0.15) is 25.3 Å². The van der Waals surface area contributed by atoms with Gasteiger partial charge in [0.15, 0.2) is 0 Å². The van der Waals surface area contributed by atoms with Gasteiger partial charge in [-0.05, 0) is 38.0 Å². The van der Waals surface area contributed by atoms with Gasteiger partial charge in [0, 0.05) is 32.0 Å². The molecule has 3 atom stereocenters. The summed E-state index contributed by atoms with van der Waals surface area (Å²) in [5, 5.41) is 9.66. The number of carbonyl (C=O) groups is 2.